The van der Waals surface area contributed by atoms with E-state index in [-0.39, 0.29) is 18.4 Å². The van der Waals surface area contributed by atoms with Crippen LogP contribution in [0.25, 0.3) is 0 Å². The number of nitrogens with one attached hydrogen (secondary N) is 3. The number of amides is 1. The third-order valence-electron chi connectivity index (χ3n) is 4.50. The Balaban J connectivity index is 1.87. The topological polar surface area (TPSA) is 85.8 Å². The predicted molar refractivity (Wildman–Crippen MR) is 119 cm³/mol. The molecule has 0 fully saturated rings. The lowest BCUT2D eigenvalue weighted by atomic mass is 10.0. The molecule has 0 aliphatic heterocycles. The van der Waals surface area contributed by atoms with Gasteiger partial charge in [-0.15, -0.1) is 0 Å². The molecule has 4 N–H and O–H groups in total. The zero-order valence-electron chi connectivity index (χ0n) is 17.5. The molecule has 1 atom stereocenters. The summed E-state index contributed by atoms with van der Waals surface area (Å²) in [5.74, 6) is 1.01. The third kappa shape index (κ3) is 7.95. The van der Waals surface area contributed by atoms with E-state index in [4.69, 9.17) is 0 Å². The Morgan fingerprint density at radius 1 is 1.07 bits per heavy atom. The molecule has 0 spiro atoms. The third-order valence-corrected chi connectivity index (χ3v) is 4.50. The lowest BCUT2D eigenvalue weighted by molar-refractivity contribution is -0.116. The van der Waals surface area contributed by atoms with Gasteiger partial charge in [-0.2, -0.15) is 0 Å². The molecule has 6 nitrogen and oxygen atoms in total. The van der Waals surface area contributed by atoms with Crippen LogP contribution in [0.15, 0.2) is 59.6 Å². The second kappa shape index (κ2) is 11.9. The summed E-state index contributed by atoms with van der Waals surface area (Å²) in [7, 11) is 1.72. The minimum Gasteiger partial charge on any atom is -0.396 e. The lowest BCUT2D eigenvalue weighted by Gasteiger charge is -2.18. The van der Waals surface area contributed by atoms with Crippen molar-refractivity contribution in [3.05, 3.63) is 65.7 Å². The number of carbonyl (C=O) groups excluding carboxylic acids is 1. The predicted octanol–water partition coefficient (Wildman–Crippen LogP) is 3.11. The maximum Gasteiger partial charge on any atom is 0.224 e. The van der Waals surface area contributed by atoms with Crippen molar-refractivity contribution in [3.63, 3.8) is 0 Å². The number of aliphatic imine (C=N–C) groups is 1. The van der Waals surface area contributed by atoms with Crippen LogP contribution in [0.2, 0.25) is 0 Å². The number of aliphatic hydroxyl groups is 1. The number of anilines is 1. The van der Waals surface area contributed by atoms with Crippen molar-refractivity contribution in [1.82, 2.24) is 10.6 Å². The summed E-state index contributed by atoms with van der Waals surface area (Å²) in [6.07, 6.45) is 0.506. The van der Waals surface area contributed by atoms with Gasteiger partial charge >= 0.3 is 0 Å². The normalized spacial score (nSPS) is 12.5. The SMILES string of the molecule is CN=C(NCc1cccc(NC(=O)CC(C)C)c1)NCC(CO)c1ccccc1. The van der Waals surface area contributed by atoms with E-state index in [9.17, 15) is 9.90 Å². The summed E-state index contributed by atoms with van der Waals surface area (Å²) >= 11 is 0. The van der Waals surface area contributed by atoms with Gasteiger partial charge in [0.1, 0.15) is 0 Å². The van der Waals surface area contributed by atoms with Crippen LogP contribution in [-0.4, -0.2) is 37.2 Å². The van der Waals surface area contributed by atoms with E-state index >= 15 is 0 Å². The van der Waals surface area contributed by atoms with Crippen molar-refractivity contribution >= 4 is 17.6 Å². The molecular weight excluding hydrogens is 364 g/mol. The number of nitrogens with zero attached hydrogens (tertiary/aromatic N) is 1. The van der Waals surface area contributed by atoms with Crippen LogP contribution >= 0.6 is 0 Å². The van der Waals surface area contributed by atoms with Gasteiger partial charge in [-0.05, 0) is 29.2 Å². The molecule has 1 unspecified atom stereocenters. The Labute approximate surface area is 173 Å². The molecule has 0 heterocycles. The van der Waals surface area contributed by atoms with Crippen LogP contribution in [0.1, 0.15) is 37.3 Å². The molecule has 0 saturated heterocycles. The molecule has 6 heteroatoms. The van der Waals surface area contributed by atoms with Crippen molar-refractivity contribution in [2.24, 2.45) is 10.9 Å². The lowest BCUT2D eigenvalue weighted by Crippen LogP contribution is -2.39. The molecule has 2 aromatic rings. The maximum absolute atomic E-state index is 12.0. The molecular formula is C23H32N4O2. The van der Waals surface area contributed by atoms with E-state index in [1.165, 1.54) is 0 Å². The molecule has 0 radical (unpaired) electrons. The number of aliphatic hydroxyl groups excluding tert-OH is 1. The first-order valence-corrected chi connectivity index (χ1v) is 10.0. The molecule has 156 valence electrons. The maximum atomic E-state index is 12.0. The minimum absolute atomic E-state index is 0.00533. The largest absolute Gasteiger partial charge is 0.396 e. The van der Waals surface area contributed by atoms with Gasteiger partial charge in [-0.3, -0.25) is 9.79 Å². The van der Waals surface area contributed by atoms with Gasteiger partial charge < -0.3 is 21.1 Å². The smallest absolute Gasteiger partial charge is 0.224 e. The zero-order valence-corrected chi connectivity index (χ0v) is 17.5. The summed E-state index contributed by atoms with van der Waals surface area (Å²) in [6, 6.07) is 17.7. The summed E-state index contributed by atoms with van der Waals surface area (Å²) in [6.45, 7) is 5.26. The van der Waals surface area contributed by atoms with Gasteiger partial charge in [0.15, 0.2) is 5.96 Å². The second-order valence-electron chi connectivity index (χ2n) is 7.44. The van der Waals surface area contributed by atoms with Crippen LogP contribution in [0.4, 0.5) is 5.69 Å². The minimum atomic E-state index is -0.00533. The van der Waals surface area contributed by atoms with Crippen molar-refractivity contribution in [2.45, 2.75) is 32.7 Å². The van der Waals surface area contributed by atoms with E-state index in [2.05, 4.69) is 20.9 Å². The van der Waals surface area contributed by atoms with E-state index in [1.54, 1.807) is 7.05 Å². The van der Waals surface area contributed by atoms with Gasteiger partial charge in [0.05, 0.1) is 6.61 Å². The molecule has 2 aromatic carbocycles. The Morgan fingerprint density at radius 3 is 2.48 bits per heavy atom. The van der Waals surface area contributed by atoms with E-state index < -0.39 is 0 Å². The number of benzene rings is 2. The highest BCUT2D eigenvalue weighted by Gasteiger charge is 2.11. The first-order chi connectivity index (χ1) is 14.0. The van der Waals surface area contributed by atoms with Crippen LogP contribution in [0, 0.1) is 5.92 Å². The standard InChI is InChI=1S/C23H32N4O2/c1-17(2)12-22(29)27-21-11-7-8-18(13-21)14-25-23(24-3)26-15-20(16-28)19-9-5-4-6-10-19/h4-11,13,17,20,28H,12,14-16H2,1-3H3,(H,27,29)(H2,24,25,26). The number of hydrogen-bond donors (Lipinski definition) is 4. The average molecular weight is 397 g/mol. The van der Waals surface area contributed by atoms with Gasteiger partial charge in [-0.1, -0.05) is 56.3 Å². The Morgan fingerprint density at radius 2 is 1.83 bits per heavy atom. The summed E-state index contributed by atoms with van der Waals surface area (Å²) < 4.78 is 0. The van der Waals surface area contributed by atoms with Crippen LogP contribution in [-0.2, 0) is 11.3 Å². The second-order valence-corrected chi connectivity index (χ2v) is 7.44. The quantitative estimate of drug-likeness (QED) is 0.388. The number of rotatable bonds is 9. The molecule has 0 aromatic heterocycles. The molecule has 0 saturated carbocycles. The molecule has 29 heavy (non-hydrogen) atoms. The van der Waals surface area contributed by atoms with Crippen molar-refractivity contribution in [3.8, 4) is 0 Å². The fraction of sp³-hybridized carbons (Fsp3) is 0.391. The summed E-state index contributed by atoms with van der Waals surface area (Å²) in [4.78, 5) is 16.2. The number of hydrogen-bond acceptors (Lipinski definition) is 3. The molecule has 0 bridgehead atoms. The highest BCUT2D eigenvalue weighted by molar-refractivity contribution is 5.90. The average Bonchev–Trinajstić information content (AvgIpc) is 2.71. The van der Waals surface area contributed by atoms with Gasteiger partial charge in [0.2, 0.25) is 5.91 Å². The Hall–Kier alpha value is -2.86. The van der Waals surface area contributed by atoms with Crippen LogP contribution in [0.3, 0.4) is 0 Å². The van der Waals surface area contributed by atoms with Gasteiger partial charge in [-0.25, -0.2) is 0 Å². The van der Waals surface area contributed by atoms with Gasteiger partial charge in [0, 0.05) is 38.2 Å². The molecule has 1 amide bonds. The number of carbonyl (C=O) groups is 1. The Kier molecular flexibility index (Phi) is 9.18. The zero-order chi connectivity index (χ0) is 21.1. The Bertz CT molecular complexity index is 790. The highest BCUT2D eigenvalue weighted by Crippen LogP contribution is 2.14. The summed E-state index contributed by atoms with van der Waals surface area (Å²) in [5.41, 5.74) is 2.92. The van der Waals surface area contributed by atoms with E-state index in [1.807, 2.05) is 68.4 Å². The van der Waals surface area contributed by atoms with Gasteiger partial charge in [0.25, 0.3) is 0 Å². The number of guanidine groups is 1. The van der Waals surface area contributed by atoms with Crippen molar-refractivity contribution in [1.29, 1.82) is 0 Å². The molecule has 0 aliphatic carbocycles. The van der Waals surface area contributed by atoms with Crippen LogP contribution in [0.5, 0.6) is 0 Å². The van der Waals surface area contributed by atoms with E-state index in [0.29, 0.717) is 31.4 Å². The van der Waals surface area contributed by atoms with Crippen molar-refractivity contribution in [2.75, 3.05) is 25.5 Å². The molecule has 0 aliphatic rings. The highest BCUT2D eigenvalue weighted by atomic mass is 16.3. The summed E-state index contributed by atoms with van der Waals surface area (Å²) in [5, 5.41) is 19.2. The van der Waals surface area contributed by atoms with Crippen molar-refractivity contribution < 1.29 is 9.90 Å². The fourth-order valence-electron chi connectivity index (χ4n) is 2.98. The van der Waals surface area contributed by atoms with E-state index in [0.717, 1.165) is 16.8 Å². The first-order valence-electron chi connectivity index (χ1n) is 10.0. The first kappa shape index (κ1) is 22.4. The monoisotopic (exact) mass is 396 g/mol. The molecule has 2 rings (SSSR count). The fourth-order valence-corrected chi connectivity index (χ4v) is 2.98. The van der Waals surface area contributed by atoms with Crippen LogP contribution < -0.4 is 16.0 Å².